The maximum Gasteiger partial charge on any atom is 0.00684 e. The second-order valence-electron chi connectivity index (χ2n) is 6.46. The highest BCUT2D eigenvalue weighted by molar-refractivity contribution is 5.29. The van der Waals surface area contributed by atoms with E-state index in [4.69, 9.17) is 0 Å². The summed E-state index contributed by atoms with van der Waals surface area (Å²) in [7, 11) is 0. The van der Waals surface area contributed by atoms with Crippen molar-refractivity contribution in [2.45, 2.75) is 57.9 Å². The van der Waals surface area contributed by atoms with Crippen molar-refractivity contribution in [2.24, 2.45) is 0 Å². The first kappa shape index (κ1) is 12.6. The molecule has 0 amide bonds. The molecule has 94 valence electrons. The van der Waals surface area contributed by atoms with Crippen LogP contribution in [0.4, 0.5) is 0 Å². The summed E-state index contributed by atoms with van der Waals surface area (Å²) in [6.45, 7) is 10.2. The molecule has 0 spiro atoms. The van der Waals surface area contributed by atoms with E-state index in [1.54, 1.807) is 0 Å². The van der Waals surface area contributed by atoms with Gasteiger partial charge >= 0.3 is 0 Å². The molecule has 1 saturated carbocycles. The van der Waals surface area contributed by atoms with Crippen molar-refractivity contribution >= 4 is 0 Å². The van der Waals surface area contributed by atoms with E-state index < -0.39 is 0 Å². The molecule has 0 aliphatic heterocycles. The van der Waals surface area contributed by atoms with E-state index in [-0.39, 0.29) is 5.41 Å². The third-order valence-corrected chi connectivity index (χ3v) is 3.64. The van der Waals surface area contributed by atoms with Crippen molar-refractivity contribution in [3.8, 4) is 0 Å². The summed E-state index contributed by atoms with van der Waals surface area (Å²) >= 11 is 0. The molecular formula is C16H25N. The molecule has 1 fully saturated rings. The fourth-order valence-corrected chi connectivity index (χ4v) is 2.06. The summed E-state index contributed by atoms with van der Waals surface area (Å²) in [5.74, 6) is 0.615. The predicted octanol–water partition coefficient (Wildman–Crippen LogP) is 3.84. The first-order valence-electron chi connectivity index (χ1n) is 6.80. The van der Waals surface area contributed by atoms with Gasteiger partial charge in [-0.25, -0.2) is 0 Å². The molecular weight excluding hydrogens is 206 g/mol. The zero-order valence-corrected chi connectivity index (χ0v) is 11.6. The van der Waals surface area contributed by atoms with Crippen molar-refractivity contribution in [2.75, 3.05) is 6.54 Å². The van der Waals surface area contributed by atoms with E-state index in [2.05, 4.69) is 57.3 Å². The van der Waals surface area contributed by atoms with Gasteiger partial charge in [-0.3, -0.25) is 0 Å². The van der Waals surface area contributed by atoms with Crippen LogP contribution in [0.15, 0.2) is 24.3 Å². The summed E-state index contributed by atoms with van der Waals surface area (Å²) in [4.78, 5) is 0. The van der Waals surface area contributed by atoms with Gasteiger partial charge < -0.3 is 5.32 Å². The quantitative estimate of drug-likeness (QED) is 0.830. The summed E-state index contributed by atoms with van der Waals surface area (Å²) in [5.41, 5.74) is 3.13. The van der Waals surface area contributed by atoms with Gasteiger partial charge in [-0.1, -0.05) is 52.0 Å². The molecule has 2 rings (SSSR count). The third kappa shape index (κ3) is 3.57. The lowest BCUT2D eigenvalue weighted by atomic mass is 9.86. The van der Waals surface area contributed by atoms with E-state index in [1.807, 2.05) is 0 Å². The summed E-state index contributed by atoms with van der Waals surface area (Å²) in [6.07, 6.45) is 2.74. The summed E-state index contributed by atoms with van der Waals surface area (Å²) in [6, 6.07) is 9.96. The van der Waals surface area contributed by atoms with Gasteiger partial charge in [0.05, 0.1) is 0 Å². The first-order chi connectivity index (χ1) is 7.97. The Balaban J connectivity index is 1.96. The van der Waals surface area contributed by atoms with Crippen molar-refractivity contribution < 1.29 is 0 Å². The molecule has 1 aromatic rings. The van der Waals surface area contributed by atoms with Crippen LogP contribution in [0.25, 0.3) is 0 Å². The molecule has 0 saturated heterocycles. The van der Waals surface area contributed by atoms with Gasteiger partial charge in [-0.2, -0.15) is 0 Å². The van der Waals surface area contributed by atoms with Gasteiger partial charge in [-0.05, 0) is 35.3 Å². The molecule has 1 N–H and O–H groups in total. The minimum Gasteiger partial charge on any atom is -0.313 e. The van der Waals surface area contributed by atoms with Crippen LogP contribution in [-0.4, -0.2) is 12.6 Å². The second-order valence-corrected chi connectivity index (χ2v) is 6.46. The molecule has 1 unspecified atom stereocenters. The van der Waals surface area contributed by atoms with Crippen LogP contribution in [0.1, 0.15) is 57.6 Å². The van der Waals surface area contributed by atoms with E-state index in [1.165, 1.54) is 24.0 Å². The molecule has 17 heavy (non-hydrogen) atoms. The number of hydrogen-bond acceptors (Lipinski definition) is 1. The molecule has 0 aromatic heterocycles. The van der Waals surface area contributed by atoms with E-state index in [0.29, 0.717) is 5.92 Å². The standard InChI is InChI=1S/C16H25N/c1-12(11-17-15-9-10-15)13-5-7-14(8-6-13)16(2,3)4/h5-8,12,15,17H,9-11H2,1-4H3. The van der Waals surface area contributed by atoms with Gasteiger partial charge in [0, 0.05) is 12.6 Å². The molecule has 1 aliphatic rings. The van der Waals surface area contributed by atoms with Gasteiger partial charge in [0.25, 0.3) is 0 Å². The lowest BCUT2D eigenvalue weighted by Gasteiger charge is -2.20. The van der Waals surface area contributed by atoms with Gasteiger partial charge in [0.15, 0.2) is 0 Å². The van der Waals surface area contributed by atoms with Gasteiger partial charge in [0.1, 0.15) is 0 Å². The number of hydrogen-bond donors (Lipinski definition) is 1. The Morgan fingerprint density at radius 3 is 2.24 bits per heavy atom. The monoisotopic (exact) mass is 231 g/mol. The van der Waals surface area contributed by atoms with Crippen molar-refractivity contribution in [3.63, 3.8) is 0 Å². The van der Waals surface area contributed by atoms with Crippen LogP contribution >= 0.6 is 0 Å². The van der Waals surface area contributed by atoms with Crippen LogP contribution in [0.5, 0.6) is 0 Å². The summed E-state index contributed by atoms with van der Waals surface area (Å²) < 4.78 is 0. The Labute approximate surface area is 106 Å². The smallest absolute Gasteiger partial charge is 0.00684 e. The Morgan fingerprint density at radius 2 is 1.76 bits per heavy atom. The average Bonchev–Trinajstić information content (AvgIpc) is 3.09. The van der Waals surface area contributed by atoms with E-state index in [9.17, 15) is 0 Å². The molecule has 0 bridgehead atoms. The molecule has 1 nitrogen and oxygen atoms in total. The highest BCUT2D eigenvalue weighted by atomic mass is 14.9. The fraction of sp³-hybridized carbons (Fsp3) is 0.625. The largest absolute Gasteiger partial charge is 0.313 e. The summed E-state index contributed by atoms with van der Waals surface area (Å²) in [5, 5.41) is 3.60. The van der Waals surface area contributed by atoms with E-state index >= 15 is 0 Å². The Morgan fingerprint density at radius 1 is 1.18 bits per heavy atom. The fourth-order valence-electron chi connectivity index (χ4n) is 2.06. The van der Waals surface area contributed by atoms with Crippen molar-refractivity contribution in [3.05, 3.63) is 35.4 Å². The van der Waals surface area contributed by atoms with Crippen LogP contribution < -0.4 is 5.32 Å². The molecule has 1 atom stereocenters. The van der Waals surface area contributed by atoms with Crippen molar-refractivity contribution in [1.82, 2.24) is 5.32 Å². The zero-order valence-electron chi connectivity index (χ0n) is 11.6. The second kappa shape index (κ2) is 4.81. The normalized spacial score (nSPS) is 18.1. The molecule has 0 heterocycles. The maximum absolute atomic E-state index is 3.60. The van der Waals surface area contributed by atoms with E-state index in [0.717, 1.165) is 12.6 Å². The van der Waals surface area contributed by atoms with Crippen LogP contribution in [-0.2, 0) is 5.41 Å². The minimum atomic E-state index is 0.258. The molecule has 1 heteroatoms. The Hall–Kier alpha value is -0.820. The Kier molecular flexibility index (Phi) is 3.58. The lowest BCUT2D eigenvalue weighted by molar-refractivity contribution is 0.587. The maximum atomic E-state index is 3.60. The predicted molar refractivity (Wildman–Crippen MR) is 74.6 cm³/mol. The molecule has 0 radical (unpaired) electrons. The number of benzene rings is 1. The molecule has 1 aliphatic carbocycles. The van der Waals surface area contributed by atoms with Gasteiger partial charge in [0.2, 0.25) is 0 Å². The highest BCUT2D eigenvalue weighted by Crippen LogP contribution is 2.25. The number of nitrogens with one attached hydrogen (secondary N) is 1. The lowest BCUT2D eigenvalue weighted by Crippen LogP contribution is -2.22. The topological polar surface area (TPSA) is 12.0 Å². The van der Waals surface area contributed by atoms with Crippen LogP contribution in [0, 0.1) is 0 Å². The SMILES string of the molecule is CC(CNC1CC1)c1ccc(C(C)(C)C)cc1. The molecule has 1 aromatic carbocycles. The first-order valence-corrected chi connectivity index (χ1v) is 6.80. The van der Waals surface area contributed by atoms with Crippen molar-refractivity contribution in [1.29, 1.82) is 0 Å². The minimum absolute atomic E-state index is 0.258. The number of rotatable bonds is 4. The van der Waals surface area contributed by atoms with Crippen LogP contribution in [0.3, 0.4) is 0 Å². The third-order valence-electron chi connectivity index (χ3n) is 3.64. The van der Waals surface area contributed by atoms with Gasteiger partial charge in [-0.15, -0.1) is 0 Å². The Bertz CT molecular complexity index is 354. The zero-order chi connectivity index (χ0) is 12.5. The van der Waals surface area contributed by atoms with Crippen LogP contribution in [0.2, 0.25) is 0 Å². The average molecular weight is 231 g/mol. The highest BCUT2D eigenvalue weighted by Gasteiger charge is 2.21.